The van der Waals surface area contributed by atoms with Crippen LogP contribution in [0.15, 0.2) is 0 Å². The molecule has 0 saturated heterocycles. The Kier molecular flexibility index (Phi) is 5.69. The molecule has 1 rings (SSSR count). The highest BCUT2D eigenvalue weighted by Gasteiger charge is 2.17. The summed E-state index contributed by atoms with van der Waals surface area (Å²) in [5.74, 6) is 0.983. The Morgan fingerprint density at radius 3 is 2.80 bits per heavy atom. The van der Waals surface area contributed by atoms with Crippen molar-refractivity contribution in [2.75, 3.05) is 13.1 Å². The summed E-state index contributed by atoms with van der Waals surface area (Å²) >= 11 is 0. The van der Waals surface area contributed by atoms with Crippen molar-refractivity contribution in [3.05, 3.63) is 0 Å². The number of carbonyl (C=O) groups is 1. The number of likely N-dealkylation sites (N-methyl/N-ethyl adjacent to an activating group) is 1. The van der Waals surface area contributed by atoms with Gasteiger partial charge in [0.2, 0.25) is 5.91 Å². The molecule has 1 amide bonds. The minimum Gasteiger partial charge on any atom is -0.352 e. The van der Waals surface area contributed by atoms with Gasteiger partial charge in [0.25, 0.3) is 0 Å². The minimum absolute atomic E-state index is 0.149. The van der Waals surface area contributed by atoms with Gasteiger partial charge >= 0.3 is 0 Å². The molecule has 0 aromatic rings. The summed E-state index contributed by atoms with van der Waals surface area (Å²) in [4.78, 5) is 11.5. The van der Waals surface area contributed by atoms with Gasteiger partial charge in [-0.25, -0.2) is 0 Å². The first-order valence-electron chi connectivity index (χ1n) is 6.22. The van der Waals surface area contributed by atoms with E-state index in [1.54, 1.807) is 0 Å². The molecular weight excluding hydrogens is 188 g/mol. The minimum atomic E-state index is 0.149. The van der Waals surface area contributed by atoms with E-state index in [1.165, 1.54) is 19.3 Å². The first-order valence-corrected chi connectivity index (χ1v) is 6.22. The number of nitrogens with one attached hydrogen (secondary N) is 2. The standard InChI is InChI=1S/C12H24N2O/c1-3-13-9-12(15)14-11-6-4-5-10(2)7-8-11/h10-11,13H,3-9H2,1-2H3,(H,14,15). The van der Waals surface area contributed by atoms with Crippen LogP contribution in [0.25, 0.3) is 0 Å². The third-order valence-electron chi connectivity index (χ3n) is 3.16. The maximum absolute atomic E-state index is 11.5. The smallest absolute Gasteiger partial charge is 0.234 e. The Balaban J connectivity index is 2.22. The molecule has 88 valence electrons. The lowest BCUT2D eigenvalue weighted by atomic mass is 10.0. The van der Waals surface area contributed by atoms with Gasteiger partial charge in [0, 0.05) is 6.04 Å². The van der Waals surface area contributed by atoms with Crippen molar-refractivity contribution < 1.29 is 4.79 Å². The predicted octanol–water partition coefficient (Wildman–Crippen LogP) is 1.68. The van der Waals surface area contributed by atoms with Crippen LogP contribution in [-0.4, -0.2) is 25.0 Å². The highest BCUT2D eigenvalue weighted by atomic mass is 16.1. The largest absolute Gasteiger partial charge is 0.352 e. The van der Waals surface area contributed by atoms with Crippen molar-refractivity contribution in [2.24, 2.45) is 5.92 Å². The lowest BCUT2D eigenvalue weighted by Crippen LogP contribution is -2.40. The summed E-state index contributed by atoms with van der Waals surface area (Å²) < 4.78 is 0. The van der Waals surface area contributed by atoms with E-state index in [9.17, 15) is 4.79 Å². The topological polar surface area (TPSA) is 41.1 Å². The van der Waals surface area contributed by atoms with Gasteiger partial charge in [0.15, 0.2) is 0 Å². The van der Waals surface area contributed by atoms with Crippen LogP contribution in [-0.2, 0) is 4.79 Å². The van der Waals surface area contributed by atoms with Crippen LogP contribution in [0.4, 0.5) is 0 Å². The summed E-state index contributed by atoms with van der Waals surface area (Å²) in [5.41, 5.74) is 0. The van der Waals surface area contributed by atoms with E-state index in [0.29, 0.717) is 12.6 Å². The summed E-state index contributed by atoms with van der Waals surface area (Å²) in [6, 6.07) is 0.418. The molecule has 1 saturated carbocycles. The van der Waals surface area contributed by atoms with E-state index in [-0.39, 0.29) is 5.91 Å². The Hall–Kier alpha value is -0.570. The molecule has 0 radical (unpaired) electrons. The van der Waals surface area contributed by atoms with Crippen molar-refractivity contribution >= 4 is 5.91 Å². The van der Waals surface area contributed by atoms with Crippen LogP contribution in [0.5, 0.6) is 0 Å². The van der Waals surface area contributed by atoms with Crippen molar-refractivity contribution in [2.45, 2.75) is 52.0 Å². The summed E-state index contributed by atoms with van der Waals surface area (Å²) in [6.45, 7) is 5.64. The predicted molar refractivity (Wildman–Crippen MR) is 62.7 cm³/mol. The zero-order chi connectivity index (χ0) is 11.1. The van der Waals surface area contributed by atoms with Crippen molar-refractivity contribution in [3.63, 3.8) is 0 Å². The van der Waals surface area contributed by atoms with Gasteiger partial charge in [-0.1, -0.05) is 26.7 Å². The van der Waals surface area contributed by atoms with Crippen molar-refractivity contribution in [1.82, 2.24) is 10.6 Å². The third-order valence-corrected chi connectivity index (χ3v) is 3.16. The van der Waals surface area contributed by atoms with Gasteiger partial charge in [-0.3, -0.25) is 4.79 Å². The summed E-state index contributed by atoms with van der Waals surface area (Å²) in [6.07, 6.45) is 6.14. The monoisotopic (exact) mass is 212 g/mol. The van der Waals surface area contributed by atoms with E-state index >= 15 is 0 Å². The molecule has 2 unspecified atom stereocenters. The van der Waals surface area contributed by atoms with E-state index in [1.807, 2.05) is 6.92 Å². The molecule has 1 fully saturated rings. The highest BCUT2D eigenvalue weighted by Crippen LogP contribution is 2.22. The fourth-order valence-electron chi connectivity index (χ4n) is 2.15. The molecule has 0 aliphatic heterocycles. The van der Waals surface area contributed by atoms with Gasteiger partial charge in [-0.05, 0) is 31.7 Å². The molecule has 2 atom stereocenters. The number of carbonyl (C=O) groups excluding carboxylic acids is 1. The number of rotatable bonds is 4. The van der Waals surface area contributed by atoms with E-state index in [0.717, 1.165) is 25.3 Å². The maximum atomic E-state index is 11.5. The van der Waals surface area contributed by atoms with Gasteiger partial charge in [0.1, 0.15) is 0 Å². The first kappa shape index (κ1) is 12.5. The average Bonchev–Trinajstić information content (AvgIpc) is 2.41. The lowest BCUT2D eigenvalue weighted by Gasteiger charge is -2.16. The average molecular weight is 212 g/mol. The van der Waals surface area contributed by atoms with Crippen molar-refractivity contribution in [3.8, 4) is 0 Å². The quantitative estimate of drug-likeness (QED) is 0.696. The zero-order valence-electron chi connectivity index (χ0n) is 10.0. The molecule has 0 aromatic heterocycles. The molecule has 1 aliphatic carbocycles. The maximum Gasteiger partial charge on any atom is 0.234 e. The van der Waals surface area contributed by atoms with Gasteiger partial charge < -0.3 is 10.6 Å². The second-order valence-electron chi connectivity index (χ2n) is 4.66. The molecule has 2 N–H and O–H groups in total. The molecule has 0 bridgehead atoms. The molecule has 3 nitrogen and oxygen atoms in total. The second-order valence-corrected chi connectivity index (χ2v) is 4.66. The summed E-state index contributed by atoms with van der Waals surface area (Å²) in [5, 5.41) is 6.16. The number of amides is 1. The van der Waals surface area contributed by atoms with Gasteiger partial charge in [-0.2, -0.15) is 0 Å². The number of hydrogen-bond donors (Lipinski definition) is 2. The number of hydrogen-bond acceptors (Lipinski definition) is 2. The Labute approximate surface area is 93.0 Å². The molecule has 1 aliphatic rings. The fraction of sp³-hybridized carbons (Fsp3) is 0.917. The Morgan fingerprint density at radius 2 is 2.07 bits per heavy atom. The van der Waals surface area contributed by atoms with Gasteiger partial charge in [0.05, 0.1) is 6.54 Å². The third kappa shape index (κ3) is 5.17. The molecule has 3 heteroatoms. The lowest BCUT2D eigenvalue weighted by molar-refractivity contribution is -0.121. The van der Waals surface area contributed by atoms with E-state index in [2.05, 4.69) is 17.6 Å². The van der Waals surface area contributed by atoms with Crippen LogP contribution >= 0.6 is 0 Å². The molecule has 0 spiro atoms. The van der Waals surface area contributed by atoms with E-state index < -0.39 is 0 Å². The van der Waals surface area contributed by atoms with Crippen LogP contribution in [0.2, 0.25) is 0 Å². The van der Waals surface area contributed by atoms with Crippen LogP contribution in [0, 0.1) is 5.92 Å². The molecular formula is C12H24N2O. The van der Waals surface area contributed by atoms with E-state index in [4.69, 9.17) is 0 Å². The fourth-order valence-corrected chi connectivity index (χ4v) is 2.15. The highest BCUT2D eigenvalue weighted by molar-refractivity contribution is 5.78. The SMILES string of the molecule is CCNCC(=O)NC1CCCC(C)CC1. The molecule has 0 heterocycles. The Morgan fingerprint density at radius 1 is 1.27 bits per heavy atom. The van der Waals surface area contributed by atoms with Crippen molar-refractivity contribution in [1.29, 1.82) is 0 Å². The normalized spacial score (nSPS) is 27.1. The van der Waals surface area contributed by atoms with Gasteiger partial charge in [-0.15, -0.1) is 0 Å². The summed E-state index contributed by atoms with van der Waals surface area (Å²) in [7, 11) is 0. The van der Waals surface area contributed by atoms with Crippen LogP contribution in [0.1, 0.15) is 46.0 Å². The second kappa shape index (κ2) is 6.83. The van der Waals surface area contributed by atoms with Crippen LogP contribution in [0.3, 0.4) is 0 Å². The first-order chi connectivity index (χ1) is 7.22. The molecule has 15 heavy (non-hydrogen) atoms. The Bertz CT molecular complexity index is 194. The zero-order valence-corrected chi connectivity index (χ0v) is 10.0. The van der Waals surface area contributed by atoms with Crippen LogP contribution < -0.4 is 10.6 Å². The molecule has 0 aromatic carbocycles.